The van der Waals surface area contributed by atoms with Gasteiger partial charge in [0, 0.05) is 14.1 Å². The number of rotatable bonds is 5. The first-order valence-electron chi connectivity index (χ1n) is 10.8. The summed E-state index contributed by atoms with van der Waals surface area (Å²) in [5.74, 6) is -2.93. The average Bonchev–Trinajstić information content (AvgIpc) is 3.30. The van der Waals surface area contributed by atoms with Crippen molar-refractivity contribution in [2.24, 2.45) is 0 Å². The minimum absolute atomic E-state index is 0.00435. The summed E-state index contributed by atoms with van der Waals surface area (Å²) in [5.41, 5.74) is -2.34. The highest BCUT2D eigenvalue weighted by atomic mass is 19.4. The van der Waals surface area contributed by atoms with Gasteiger partial charge in [-0.2, -0.15) is 18.4 Å². The van der Waals surface area contributed by atoms with Gasteiger partial charge in [-0.25, -0.2) is 4.79 Å². The number of halogens is 3. The lowest BCUT2D eigenvalue weighted by molar-refractivity contribution is -0.137. The van der Waals surface area contributed by atoms with Crippen molar-refractivity contribution in [2.75, 3.05) is 19.4 Å². The molecule has 12 heteroatoms. The number of amides is 2. The Labute approximate surface area is 212 Å². The molecule has 0 aliphatic rings. The number of nitrogens with one attached hydrogen (secondary N) is 1. The lowest BCUT2D eigenvalue weighted by Crippen LogP contribution is -2.22. The number of anilines is 1. The molecule has 0 aliphatic heterocycles. The summed E-state index contributed by atoms with van der Waals surface area (Å²) in [6, 6.07) is 12.5. The fourth-order valence-corrected chi connectivity index (χ4v) is 3.84. The number of nitrogens with zero attached hydrogens (tertiary/aromatic N) is 3. The zero-order valence-electron chi connectivity index (χ0n) is 19.8. The second kappa shape index (κ2) is 9.70. The smallest absolute Gasteiger partial charge is 0.417 e. The topological polar surface area (TPSA) is 137 Å². The van der Waals surface area contributed by atoms with Crippen molar-refractivity contribution in [1.82, 2.24) is 10.1 Å². The van der Waals surface area contributed by atoms with Gasteiger partial charge in [0.05, 0.1) is 39.4 Å². The van der Waals surface area contributed by atoms with Crippen LogP contribution in [0.4, 0.5) is 18.9 Å². The van der Waals surface area contributed by atoms with Gasteiger partial charge in [0.15, 0.2) is 11.3 Å². The minimum atomic E-state index is -4.73. The SMILES string of the molecule is CN(C)C(=O)c1cc2onc(C(=O)Nc3ccc(C#N)cc3C(=O)O)c2cc1-c1ccccc1C(F)(F)F. The van der Waals surface area contributed by atoms with E-state index < -0.39 is 29.5 Å². The number of carboxylic acid groups (broad SMARTS) is 1. The molecule has 0 atom stereocenters. The summed E-state index contributed by atoms with van der Waals surface area (Å²) in [6.07, 6.45) is -4.73. The van der Waals surface area contributed by atoms with E-state index in [-0.39, 0.29) is 50.2 Å². The third-order valence-electron chi connectivity index (χ3n) is 5.61. The number of aromatic carboxylic acids is 1. The van der Waals surface area contributed by atoms with Crippen LogP contribution in [0.2, 0.25) is 0 Å². The molecule has 192 valence electrons. The Morgan fingerprint density at radius 2 is 1.74 bits per heavy atom. The molecule has 0 spiro atoms. The Hall–Kier alpha value is -5.18. The van der Waals surface area contributed by atoms with Gasteiger partial charge < -0.3 is 19.8 Å². The normalized spacial score (nSPS) is 11.2. The molecule has 0 saturated carbocycles. The Balaban J connectivity index is 1.89. The molecule has 2 amide bonds. The maximum Gasteiger partial charge on any atom is 0.417 e. The largest absolute Gasteiger partial charge is 0.478 e. The van der Waals surface area contributed by atoms with Crippen molar-refractivity contribution in [3.05, 3.63) is 82.5 Å². The summed E-state index contributed by atoms with van der Waals surface area (Å²) in [6.45, 7) is 0. The minimum Gasteiger partial charge on any atom is -0.478 e. The first kappa shape index (κ1) is 25.9. The highest BCUT2D eigenvalue weighted by Gasteiger charge is 2.35. The second-order valence-corrected chi connectivity index (χ2v) is 8.30. The van der Waals surface area contributed by atoms with Gasteiger partial charge in [0.1, 0.15) is 0 Å². The quantitative estimate of drug-likeness (QED) is 0.375. The zero-order valence-corrected chi connectivity index (χ0v) is 19.8. The van der Waals surface area contributed by atoms with E-state index >= 15 is 0 Å². The van der Waals surface area contributed by atoms with E-state index in [1.54, 1.807) is 6.07 Å². The van der Waals surface area contributed by atoms with Crippen LogP contribution in [0.1, 0.15) is 42.3 Å². The Kier molecular flexibility index (Phi) is 6.61. The van der Waals surface area contributed by atoms with E-state index in [4.69, 9.17) is 9.78 Å². The molecule has 1 aromatic heterocycles. The predicted molar refractivity (Wildman–Crippen MR) is 129 cm³/mol. The molecule has 0 fully saturated rings. The summed E-state index contributed by atoms with van der Waals surface area (Å²) < 4.78 is 46.7. The van der Waals surface area contributed by atoms with Gasteiger partial charge in [0.2, 0.25) is 0 Å². The van der Waals surface area contributed by atoms with Gasteiger partial charge in [-0.15, -0.1) is 0 Å². The van der Waals surface area contributed by atoms with Crippen molar-refractivity contribution in [2.45, 2.75) is 6.18 Å². The fourth-order valence-electron chi connectivity index (χ4n) is 3.84. The number of carbonyl (C=O) groups excluding carboxylic acids is 2. The standard InChI is InChI=1S/C26H17F3N4O5/c1-33(2)24(35)16-11-21-18(10-15(16)14-5-3-4-6-19(14)26(27,28)29)22(32-38-21)23(34)31-20-8-7-13(12-30)9-17(20)25(36)37/h3-11H,1-2H3,(H,31,34)(H,36,37). The number of aromatic nitrogens is 1. The lowest BCUT2D eigenvalue weighted by Gasteiger charge is -2.18. The first-order valence-corrected chi connectivity index (χ1v) is 10.8. The number of carbonyl (C=O) groups is 3. The van der Waals surface area contributed by atoms with E-state index in [0.29, 0.717) is 0 Å². The molecular formula is C26H17F3N4O5. The van der Waals surface area contributed by atoms with Crippen molar-refractivity contribution in [3.63, 3.8) is 0 Å². The monoisotopic (exact) mass is 522 g/mol. The molecule has 0 unspecified atom stereocenters. The van der Waals surface area contributed by atoms with Gasteiger partial charge in [-0.1, -0.05) is 23.4 Å². The summed E-state index contributed by atoms with van der Waals surface area (Å²) in [7, 11) is 2.87. The van der Waals surface area contributed by atoms with Crippen LogP contribution in [0, 0.1) is 11.3 Å². The Morgan fingerprint density at radius 1 is 1.03 bits per heavy atom. The second-order valence-electron chi connectivity index (χ2n) is 8.30. The van der Waals surface area contributed by atoms with Crippen LogP contribution >= 0.6 is 0 Å². The van der Waals surface area contributed by atoms with Crippen LogP contribution < -0.4 is 5.32 Å². The fraction of sp³-hybridized carbons (Fsp3) is 0.115. The molecule has 0 saturated heterocycles. The highest BCUT2D eigenvalue weighted by molar-refractivity contribution is 6.14. The van der Waals surface area contributed by atoms with Crippen LogP contribution in [0.5, 0.6) is 0 Å². The number of fused-ring (bicyclic) bond motifs is 1. The van der Waals surface area contributed by atoms with E-state index in [1.807, 2.05) is 0 Å². The maximum atomic E-state index is 13.8. The molecule has 38 heavy (non-hydrogen) atoms. The molecule has 0 aliphatic carbocycles. The van der Waals surface area contributed by atoms with Crippen molar-refractivity contribution < 1.29 is 37.2 Å². The van der Waals surface area contributed by atoms with E-state index in [1.165, 1.54) is 61.5 Å². The summed E-state index contributed by atoms with van der Waals surface area (Å²) in [5, 5.41) is 24.6. The Bertz CT molecular complexity index is 1650. The van der Waals surface area contributed by atoms with Crippen LogP contribution in [0.25, 0.3) is 22.1 Å². The van der Waals surface area contributed by atoms with Crippen LogP contribution in [0.15, 0.2) is 59.1 Å². The van der Waals surface area contributed by atoms with Crippen molar-refractivity contribution >= 4 is 34.4 Å². The number of hydrogen-bond acceptors (Lipinski definition) is 6. The predicted octanol–water partition coefficient (Wildman–Crippen LogP) is 5.04. The third-order valence-corrected chi connectivity index (χ3v) is 5.61. The molecule has 1 heterocycles. The molecule has 0 bridgehead atoms. The zero-order chi connectivity index (χ0) is 27.8. The molecule has 4 rings (SSSR count). The van der Waals surface area contributed by atoms with E-state index in [2.05, 4.69) is 10.5 Å². The molecule has 2 N–H and O–H groups in total. The highest BCUT2D eigenvalue weighted by Crippen LogP contribution is 2.40. The summed E-state index contributed by atoms with van der Waals surface area (Å²) >= 11 is 0. The first-order chi connectivity index (χ1) is 17.9. The molecule has 9 nitrogen and oxygen atoms in total. The Morgan fingerprint density at radius 3 is 2.37 bits per heavy atom. The van der Waals surface area contributed by atoms with Gasteiger partial charge in [0.25, 0.3) is 11.8 Å². The van der Waals surface area contributed by atoms with Crippen molar-refractivity contribution in [3.8, 4) is 17.2 Å². The van der Waals surface area contributed by atoms with Gasteiger partial charge >= 0.3 is 12.1 Å². The van der Waals surface area contributed by atoms with Crippen LogP contribution in [-0.4, -0.2) is 47.0 Å². The number of nitriles is 1. The maximum absolute atomic E-state index is 13.8. The van der Waals surface area contributed by atoms with E-state index in [9.17, 15) is 32.7 Å². The molecule has 4 aromatic rings. The molecule has 0 radical (unpaired) electrons. The van der Waals surface area contributed by atoms with Crippen LogP contribution in [0.3, 0.4) is 0 Å². The average molecular weight is 522 g/mol. The summed E-state index contributed by atoms with van der Waals surface area (Å²) in [4.78, 5) is 38.8. The van der Waals surface area contributed by atoms with Gasteiger partial charge in [-0.3, -0.25) is 9.59 Å². The van der Waals surface area contributed by atoms with Gasteiger partial charge in [-0.05, 0) is 47.5 Å². The number of hydrogen-bond donors (Lipinski definition) is 2. The van der Waals surface area contributed by atoms with Crippen molar-refractivity contribution in [1.29, 1.82) is 5.26 Å². The third kappa shape index (κ3) is 4.77. The number of carboxylic acids is 1. The van der Waals surface area contributed by atoms with Crippen LogP contribution in [-0.2, 0) is 6.18 Å². The lowest BCUT2D eigenvalue weighted by atomic mass is 9.92. The molecular weight excluding hydrogens is 505 g/mol. The molecule has 3 aromatic carbocycles. The number of alkyl halides is 3. The van der Waals surface area contributed by atoms with E-state index in [0.717, 1.165) is 12.1 Å². The number of benzene rings is 3.